The fraction of sp³-hybridized carbons (Fsp3) is 0.231. The van der Waals surface area contributed by atoms with Gasteiger partial charge in [0.05, 0.1) is 11.8 Å². The largest absolute Gasteiger partial charge is 0.282 e. The molecule has 3 heteroatoms. The minimum atomic E-state index is -0.270. The Morgan fingerprint density at radius 3 is 1.45 bits per heavy atom. The molecule has 3 aromatic rings. The van der Waals surface area contributed by atoms with Gasteiger partial charge in [0.25, 0.3) is 0 Å². The first kappa shape index (κ1) is 16.7. The maximum Gasteiger partial charge on any atom is 0.234 e. The first-order valence-corrected chi connectivity index (χ1v) is 10.3. The first-order chi connectivity index (χ1) is 14.3. The minimum absolute atomic E-state index is 0.00920. The van der Waals surface area contributed by atoms with Gasteiger partial charge in [-0.25, -0.2) is 0 Å². The summed E-state index contributed by atoms with van der Waals surface area (Å²) in [4.78, 5) is 28.5. The predicted octanol–water partition coefficient (Wildman–Crippen LogP) is 4.12. The van der Waals surface area contributed by atoms with Crippen LogP contribution in [0.2, 0.25) is 0 Å². The van der Waals surface area contributed by atoms with E-state index in [1.54, 1.807) is 4.90 Å². The lowest BCUT2D eigenvalue weighted by Gasteiger charge is -2.45. The SMILES string of the molecule is O=C1[C@@H]2C3c4ccccc4C(c4ccccc43)[C@H]2C(=O)N1CCc1ccccc1. The van der Waals surface area contributed by atoms with E-state index in [-0.39, 0.29) is 35.5 Å². The van der Waals surface area contributed by atoms with Crippen molar-refractivity contribution in [2.45, 2.75) is 18.3 Å². The van der Waals surface area contributed by atoms with Gasteiger partial charge in [-0.1, -0.05) is 78.9 Å². The molecule has 0 saturated carbocycles. The summed E-state index contributed by atoms with van der Waals surface area (Å²) in [6.07, 6.45) is 0.701. The fourth-order valence-corrected chi connectivity index (χ4v) is 5.85. The first-order valence-electron chi connectivity index (χ1n) is 10.3. The molecule has 3 aliphatic carbocycles. The topological polar surface area (TPSA) is 37.4 Å². The molecule has 2 amide bonds. The summed E-state index contributed by atoms with van der Waals surface area (Å²) in [5, 5.41) is 0. The van der Waals surface area contributed by atoms with Gasteiger partial charge < -0.3 is 0 Å². The molecule has 0 aromatic heterocycles. The van der Waals surface area contributed by atoms with Crippen LogP contribution < -0.4 is 0 Å². The number of amides is 2. The second-order valence-corrected chi connectivity index (χ2v) is 8.33. The Labute approximate surface area is 170 Å². The smallest absolute Gasteiger partial charge is 0.234 e. The Kier molecular flexibility index (Phi) is 3.55. The summed E-state index contributed by atoms with van der Waals surface area (Å²) in [5.74, 6) is -0.558. The van der Waals surface area contributed by atoms with Crippen LogP contribution in [0.1, 0.15) is 39.7 Å². The van der Waals surface area contributed by atoms with Crippen molar-refractivity contribution >= 4 is 11.8 Å². The number of benzene rings is 3. The van der Waals surface area contributed by atoms with Gasteiger partial charge in [0.2, 0.25) is 11.8 Å². The zero-order valence-corrected chi connectivity index (χ0v) is 16.0. The summed E-state index contributed by atoms with van der Waals surface area (Å²) in [6, 6.07) is 26.8. The zero-order valence-electron chi connectivity index (χ0n) is 16.0. The van der Waals surface area contributed by atoms with Crippen LogP contribution in [0.15, 0.2) is 78.9 Å². The highest BCUT2D eigenvalue weighted by atomic mass is 16.2. The molecule has 0 spiro atoms. The molecule has 29 heavy (non-hydrogen) atoms. The van der Waals surface area contributed by atoms with Gasteiger partial charge in [0.1, 0.15) is 0 Å². The summed E-state index contributed by atoms with van der Waals surface area (Å²) in [6.45, 7) is 0.459. The lowest BCUT2D eigenvalue weighted by Crippen LogP contribution is -2.41. The summed E-state index contributed by atoms with van der Waals surface area (Å²) >= 11 is 0. The van der Waals surface area contributed by atoms with Crippen LogP contribution in [0, 0.1) is 11.8 Å². The normalized spacial score (nSPS) is 26.3. The highest BCUT2D eigenvalue weighted by molar-refractivity contribution is 6.07. The maximum absolute atomic E-state index is 13.5. The lowest BCUT2D eigenvalue weighted by molar-refractivity contribution is -0.139. The van der Waals surface area contributed by atoms with Gasteiger partial charge in [-0.05, 0) is 34.2 Å². The number of carbonyl (C=O) groups is 2. The molecule has 1 heterocycles. The van der Waals surface area contributed by atoms with Gasteiger partial charge >= 0.3 is 0 Å². The molecule has 1 fully saturated rings. The van der Waals surface area contributed by atoms with Crippen molar-refractivity contribution < 1.29 is 9.59 Å². The van der Waals surface area contributed by atoms with Gasteiger partial charge in [-0.3, -0.25) is 14.5 Å². The van der Waals surface area contributed by atoms with Gasteiger partial charge in [-0.15, -0.1) is 0 Å². The quantitative estimate of drug-likeness (QED) is 0.642. The van der Waals surface area contributed by atoms with Crippen LogP contribution in [0.3, 0.4) is 0 Å². The van der Waals surface area contributed by atoms with Crippen molar-refractivity contribution in [3.8, 4) is 0 Å². The average molecular weight is 379 g/mol. The molecule has 4 aliphatic rings. The molecule has 0 unspecified atom stereocenters. The fourth-order valence-electron chi connectivity index (χ4n) is 5.85. The molecule has 7 rings (SSSR count). The molecule has 2 bridgehead atoms. The van der Waals surface area contributed by atoms with Gasteiger partial charge in [0.15, 0.2) is 0 Å². The molecule has 1 saturated heterocycles. The van der Waals surface area contributed by atoms with Crippen molar-refractivity contribution in [1.29, 1.82) is 0 Å². The molecule has 0 N–H and O–H groups in total. The van der Waals surface area contributed by atoms with E-state index in [9.17, 15) is 9.59 Å². The van der Waals surface area contributed by atoms with E-state index in [0.717, 1.165) is 5.56 Å². The zero-order chi connectivity index (χ0) is 19.5. The summed E-state index contributed by atoms with van der Waals surface area (Å²) in [5.41, 5.74) is 6.05. The molecular weight excluding hydrogens is 358 g/mol. The molecule has 2 atom stereocenters. The Bertz CT molecular complexity index is 1020. The van der Waals surface area contributed by atoms with E-state index >= 15 is 0 Å². The number of hydrogen-bond donors (Lipinski definition) is 0. The number of nitrogens with zero attached hydrogens (tertiary/aromatic N) is 1. The third-order valence-corrected chi connectivity index (χ3v) is 7.01. The van der Waals surface area contributed by atoms with Crippen molar-refractivity contribution in [3.63, 3.8) is 0 Å². The Hall–Kier alpha value is -3.20. The maximum atomic E-state index is 13.5. The highest BCUT2D eigenvalue weighted by Crippen LogP contribution is 2.60. The third-order valence-electron chi connectivity index (χ3n) is 7.01. The van der Waals surface area contributed by atoms with E-state index < -0.39 is 0 Å². The van der Waals surface area contributed by atoms with Crippen LogP contribution in [-0.2, 0) is 16.0 Å². The minimum Gasteiger partial charge on any atom is -0.282 e. The van der Waals surface area contributed by atoms with Crippen LogP contribution in [0.5, 0.6) is 0 Å². The highest BCUT2D eigenvalue weighted by Gasteiger charge is 2.61. The third kappa shape index (κ3) is 2.24. The number of hydrogen-bond acceptors (Lipinski definition) is 2. The van der Waals surface area contributed by atoms with Crippen molar-refractivity contribution in [3.05, 3.63) is 107 Å². The van der Waals surface area contributed by atoms with E-state index in [0.29, 0.717) is 13.0 Å². The Morgan fingerprint density at radius 1 is 0.586 bits per heavy atom. The summed E-state index contributed by atoms with van der Waals surface area (Å²) < 4.78 is 0. The number of likely N-dealkylation sites (tertiary alicyclic amines) is 1. The van der Waals surface area contributed by atoms with Crippen LogP contribution >= 0.6 is 0 Å². The summed E-state index contributed by atoms with van der Waals surface area (Å²) in [7, 11) is 0. The second kappa shape index (κ2) is 6.15. The van der Waals surface area contributed by atoms with Gasteiger partial charge in [0, 0.05) is 18.4 Å². The predicted molar refractivity (Wildman–Crippen MR) is 110 cm³/mol. The molecular formula is C26H21NO2. The van der Waals surface area contributed by atoms with E-state index in [4.69, 9.17) is 0 Å². The van der Waals surface area contributed by atoms with Crippen LogP contribution in [0.25, 0.3) is 0 Å². The molecule has 3 aromatic carbocycles. The Morgan fingerprint density at radius 2 is 1.00 bits per heavy atom. The molecule has 0 radical (unpaired) electrons. The monoisotopic (exact) mass is 379 g/mol. The molecule has 1 aliphatic heterocycles. The average Bonchev–Trinajstić information content (AvgIpc) is 3.03. The van der Waals surface area contributed by atoms with Gasteiger partial charge in [-0.2, -0.15) is 0 Å². The molecule has 3 nitrogen and oxygen atoms in total. The van der Waals surface area contributed by atoms with Crippen LogP contribution in [-0.4, -0.2) is 23.3 Å². The van der Waals surface area contributed by atoms with Crippen molar-refractivity contribution in [2.24, 2.45) is 11.8 Å². The van der Waals surface area contributed by atoms with E-state index in [1.165, 1.54) is 22.3 Å². The van der Waals surface area contributed by atoms with E-state index in [1.807, 2.05) is 54.6 Å². The standard InChI is InChI=1S/C26H21NO2/c28-25-23-21-17-10-4-5-11-18(17)22(20-13-7-6-12-19(20)21)24(23)26(29)27(25)15-14-16-8-2-1-3-9-16/h1-13,21-24H,14-15H2/t21?,22?,23-,24-/m1/s1. The molecule has 142 valence electrons. The number of imide groups is 1. The van der Waals surface area contributed by atoms with E-state index in [2.05, 4.69) is 24.3 Å². The lowest BCUT2D eigenvalue weighted by atomic mass is 9.55. The number of carbonyl (C=O) groups excluding carboxylic acids is 2. The van der Waals surface area contributed by atoms with Crippen LogP contribution in [0.4, 0.5) is 0 Å². The number of rotatable bonds is 3. The van der Waals surface area contributed by atoms with Crippen molar-refractivity contribution in [2.75, 3.05) is 6.54 Å². The van der Waals surface area contributed by atoms with Crippen molar-refractivity contribution in [1.82, 2.24) is 4.90 Å². The second-order valence-electron chi connectivity index (χ2n) is 8.33. The Balaban J connectivity index is 1.42.